The molecule has 74 valence electrons. The highest BCUT2D eigenvalue weighted by Crippen LogP contribution is 2.27. The van der Waals surface area contributed by atoms with Gasteiger partial charge >= 0.3 is 0 Å². The number of hydrogen-bond acceptors (Lipinski definition) is 3. The second-order valence-corrected chi connectivity index (χ2v) is 4.98. The number of thiophene rings is 2. The number of nitrogens with two attached hydrogens (primary N) is 1. The second-order valence-electron chi connectivity index (χ2n) is 3.21. The maximum Gasteiger partial charge on any atom is 0.00521 e. The zero-order valence-corrected chi connectivity index (χ0v) is 9.53. The maximum absolute atomic E-state index is 5.48. The normalized spacial score (nSPS) is 10.6. The van der Waals surface area contributed by atoms with Crippen LogP contribution in [0.4, 0.5) is 0 Å². The highest BCUT2D eigenvalue weighted by molar-refractivity contribution is 7.10. The zero-order chi connectivity index (χ0) is 9.80. The topological polar surface area (TPSA) is 26.0 Å². The van der Waals surface area contributed by atoms with Gasteiger partial charge in [0, 0.05) is 4.88 Å². The van der Waals surface area contributed by atoms with Crippen molar-refractivity contribution in [3.05, 3.63) is 33.2 Å². The fourth-order valence-electron chi connectivity index (χ4n) is 1.37. The fraction of sp³-hybridized carbons (Fsp3) is 0.273. The lowest BCUT2D eigenvalue weighted by Gasteiger charge is -1.92. The van der Waals surface area contributed by atoms with E-state index in [1.165, 1.54) is 16.0 Å². The minimum absolute atomic E-state index is 0.783. The Hall–Kier alpha value is -0.640. The molecule has 0 fully saturated rings. The summed E-state index contributed by atoms with van der Waals surface area (Å²) in [6, 6.07) is 4.45. The van der Waals surface area contributed by atoms with Gasteiger partial charge in [0.05, 0.1) is 0 Å². The molecule has 14 heavy (non-hydrogen) atoms. The molecule has 0 radical (unpaired) electrons. The molecule has 0 aliphatic carbocycles. The van der Waals surface area contributed by atoms with Crippen molar-refractivity contribution in [2.24, 2.45) is 5.73 Å². The lowest BCUT2D eigenvalue weighted by Crippen LogP contribution is -1.99. The molecule has 0 aliphatic rings. The van der Waals surface area contributed by atoms with Crippen molar-refractivity contribution in [3.63, 3.8) is 0 Å². The summed E-state index contributed by atoms with van der Waals surface area (Å²) in [5, 5.41) is 6.54. The Morgan fingerprint density at radius 2 is 2.14 bits per heavy atom. The summed E-state index contributed by atoms with van der Waals surface area (Å²) in [5.41, 5.74) is 8.17. The van der Waals surface area contributed by atoms with E-state index < -0.39 is 0 Å². The van der Waals surface area contributed by atoms with E-state index in [0.29, 0.717) is 0 Å². The summed E-state index contributed by atoms with van der Waals surface area (Å²) in [7, 11) is 0. The van der Waals surface area contributed by atoms with Crippen molar-refractivity contribution >= 4 is 22.7 Å². The first-order chi connectivity index (χ1) is 6.90. The first-order valence-electron chi connectivity index (χ1n) is 4.70. The second kappa shape index (κ2) is 4.73. The van der Waals surface area contributed by atoms with Gasteiger partial charge in [0.25, 0.3) is 0 Å². The van der Waals surface area contributed by atoms with Gasteiger partial charge in [-0.3, -0.25) is 0 Å². The average molecular weight is 223 g/mol. The highest BCUT2D eigenvalue weighted by atomic mass is 32.1. The van der Waals surface area contributed by atoms with Crippen LogP contribution >= 0.6 is 22.7 Å². The Morgan fingerprint density at radius 3 is 2.86 bits per heavy atom. The van der Waals surface area contributed by atoms with Gasteiger partial charge in [-0.05, 0) is 58.8 Å². The minimum atomic E-state index is 0.783. The van der Waals surface area contributed by atoms with Crippen LogP contribution in [-0.2, 0) is 6.42 Å². The molecule has 0 aliphatic heterocycles. The van der Waals surface area contributed by atoms with E-state index in [0.717, 1.165) is 19.4 Å². The van der Waals surface area contributed by atoms with Crippen LogP contribution in [-0.4, -0.2) is 6.54 Å². The Labute approximate surface area is 92.2 Å². The van der Waals surface area contributed by atoms with Crippen molar-refractivity contribution in [1.82, 2.24) is 0 Å². The van der Waals surface area contributed by atoms with Gasteiger partial charge in [-0.25, -0.2) is 0 Å². The molecule has 2 N–H and O–H groups in total. The molecule has 0 saturated carbocycles. The van der Waals surface area contributed by atoms with Gasteiger partial charge in [-0.1, -0.05) is 0 Å². The van der Waals surface area contributed by atoms with Crippen LogP contribution in [0.3, 0.4) is 0 Å². The predicted molar refractivity (Wildman–Crippen MR) is 65.0 cm³/mol. The van der Waals surface area contributed by atoms with Crippen molar-refractivity contribution in [2.45, 2.75) is 12.8 Å². The molecule has 0 atom stereocenters. The minimum Gasteiger partial charge on any atom is -0.330 e. The molecule has 2 heterocycles. The lowest BCUT2D eigenvalue weighted by atomic mass is 10.1. The van der Waals surface area contributed by atoms with E-state index >= 15 is 0 Å². The highest BCUT2D eigenvalue weighted by Gasteiger charge is 2.02. The molecule has 0 aromatic carbocycles. The van der Waals surface area contributed by atoms with Gasteiger partial charge in [0.2, 0.25) is 0 Å². The summed E-state index contributed by atoms with van der Waals surface area (Å²) in [6.07, 6.45) is 2.20. The third-order valence-corrected chi connectivity index (χ3v) is 3.82. The fourth-order valence-corrected chi connectivity index (χ4v) is 2.97. The maximum atomic E-state index is 5.48. The molecule has 2 rings (SSSR count). The summed E-state index contributed by atoms with van der Waals surface area (Å²) in [4.78, 5) is 1.44. The van der Waals surface area contributed by atoms with E-state index in [-0.39, 0.29) is 0 Å². The smallest absolute Gasteiger partial charge is 0.00521 e. The molecule has 0 saturated heterocycles. The summed E-state index contributed by atoms with van der Waals surface area (Å²) >= 11 is 3.58. The van der Waals surface area contributed by atoms with Gasteiger partial charge in [-0.2, -0.15) is 11.3 Å². The monoisotopic (exact) mass is 223 g/mol. The third-order valence-electron chi connectivity index (χ3n) is 2.14. The van der Waals surface area contributed by atoms with Crippen LogP contribution in [0.1, 0.15) is 11.3 Å². The quantitative estimate of drug-likeness (QED) is 0.845. The largest absolute Gasteiger partial charge is 0.330 e. The number of hydrogen-bond donors (Lipinski definition) is 1. The molecule has 0 amide bonds. The summed E-state index contributed by atoms with van der Waals surface area (Å²) in [6.45, 7) is 0.783. The molecular weight excluding hydrogens is 210 g/mol. The van der Waals surface area contributed by atoms with Gasteiger partial charge in [-0.15, -0.1) is 11.3 Å². The van der Waals surface area contributed by atoms with Crippen LogP contribution in [0.2, 0.25) is 0 Å². The number of aryl methyl sites for hydroxylation is 1. The third kappa shape index (κ3) is 2.23. The summed E-state index contributed by atoms with van der Waals surface area (Å²) in [5.74, 6) is 0. The first kappa shape index (κ1) is 9.90. The predicted octanol–water partition coefficient (Wildman–Crippen LogP) is 3.37. The van der Waals surface area contributed by atoms with Crippen LogP contribution in [0, 0.1) is 0 Å². The Kier molecular flexibility index (Phi) is 3.35. The molecule has 2 aromatic rings. The first-order valence-corrected chi connectivity index (χ1v) is 6.52. The number of rotatable bonds is 4. The Balaban J connectivity index is 2.10. The molecule has 0 spiro atoms. The standard InChI is InChI=1S/C11H13NS2/c12-4-1-2-11-6-10(8-14-11)9-3-5-13-7-9/h3,5-8H,1-2,4,12H2. The van der Waals surface area contributed by atoms with Crippen LogP contribution < -0.4 is 5.73 Å². The summed E-state index contributed by atoms with van der Waals surface area (Å²) < 4.78 is 0. The van der Waals surface area contributed by atoms with Gasteiger partial charge in [0.1, 0.15) is 0 Å². The van der Waals surface area contributed by atoms with Crippen LogP contribution in [0.25, 0.3) is 11.1 Å². The molecule has 0 unspecified atom stereocenters. The van der Waals surface area contributed by atoms with Crippen molar-refractivity contribution in [2.75, 3.05) is 6.54 Å². The van der Waals surface area contributed by atoms with E-state index in [9.17, 15) is 0 Å². The van der Waals surface area contributed by atoms with Crippen molar-refractivity contribution < 1.29 is 0 Å². The lowest BCUT2D eigenvalue weighted by molar-refractivity contribution is 0.843. The molecule has 2 aromatic heterocycles. The van der Waals surface area contributed by atoms with Crippen molar-refractivity contribution in [3.8, 4) is 11.1 Å². The molecule has 3 heteroatoms. The SMILES string of the molecule is NCCCc1cc(-c2ccsc2)cs1. The average Bonchev–Trinajstić information content (AvgIpc) is 2.85. The van der Waals surface area contributed by atoms with Crippen LogP contribution in [0.5, 0.6) is 0 Å². The van der Waals surface area contributed by atoms with E-state index in [2.05, 4.69) is 28.3 Å². The van der Waals surface area contributed by atoms with Crippen molar-refractivity contribution in [1.29, 1.82) is 0 Å². The van der Waals surface area contributed by atoms with Gasteiger partial charge in [0.15, 0.2) is 0 Å². The Bertz CT molecular complexity index is 376. The molecule has 0 bridgehead atoms. The Morgan fingerprint density at radius 1 is 1.21 bits per heavy atom. The van der Waals surface area contributed by atoms with E-state index in [1.54, 1.807) is 11.3 Å². The van der Waals surface area contributed by atoms with Gasteiger partial charge < -0.3 is 5.73 Å². The van der Waals surface area contributed by atoms with E-state index in [1.807, 2.05) is 11.3 Å². The van der Waals surface area contributed by atoms with E-state index in [4.69, 9.17) is 5.73 Å². The zero-order valence-electron chi connectivity index (χ0n) is 7.90. The molecule has 1 nitrogen and oxygen atoms in total. The molecular formula is C11H13NS2. The van der Waals surface area contributed by atoms with Crippen LogP contribution in [0.15, 0.2) is 28.3 Å².